The zero-order chi connectivity index (χ0) is 8.55. The smallest absolute Gasteiger partial charge is 0.307 e. The van der Waals surface area contributed by atoms with Gasteiger partial charge in [-0.05, 0) is 17.5 Å². The Bertz CT molecular complexity index is 292. The summed E-state index contributed by atoms with van der Waals surface area (Å²) in [5, 5.41) is 8.75. The van der Waals surface area contributed by atoms with Gasteiger partial charge >= 0.3 is 5.97 Å². The van der Waals surface area contributed by atoms with Gasteiger partial charge in [0.1, 0.15) is 0 Å². The van der Waals surface area contributed by atoms with Crippen molar-refractivity contribution in [1.29, 1.82) is 0 Å². The van der Waals surface area contributed by atoms with Gasteiger partial charge in [-0.2, -0.15) is 0 Å². The van der Waals surface area contributed by atoms with Crippen LogP contribution in [0.3, 0.4) is 0 Å². The van der Waals surface area contributed by atoms with Gasteiger partial charge in [-0.25, -0.2) is 0 Å². The van der Waals surface area contributed by atoms with Gasteiger partial charge in [0.05, 0.1) is 5.92 Å². The van der Waals surface area contributed by atoms with E-state index in [2.05, 4.69) is 0 Å². The van der Waals surface area contributed by atoms with Gasteiger partial charge in [0.2, 0.25) is 0 Å². The summed E-state index contributed by atoms with van der Waals surface area (Å²) >= 11 is 0. The molecule has 61 valence electrons. The highest BCUT2D eigenvalue weighted by Crippen LogP contribution is 2.28. The van der Waals surface area contributed by atoms with Crippen molar-refractivity contribution < 1.29 is 9.90 Å². The van der Waals surface area contributed by atoms with E-state index in [1.807, 2.05) is 30.7 Å². The van der Waals surface area contributed by atoms with E-state index in [1.54, 1.807) is 0 Å². The molecule has 1 radical (unpaired) electrons. The van der Waals surface area contributed by atoms with Crippen LogP contribution in [-0.2, 0) is 11.2 Å². The second-order valence-corrected chi connectivity index (χ2v) is 3.01. The Balaban J connectivity index is 2.27. The van der Waals surface area contributed by atoms with Gasteiger partial charge in [0.25, 0.3) is 0 Å². The van der Waals surface area contributed by atoms with Crippen LogP contribution >= 0.6 is 0 Å². The number of rotatable bonds is 1. The zero-order valence-electron chi connectivity index (χ0n) is 6.53. The van der Waals surface area contributed by atoms with Crippen molar-refractivity contribution in [2.75, 3.05) is 0 Å². The number of carboxylic acid groups (broad SMARTS) is 1. The van der Waals surface area contributed by atoms with Crippen molar-refractivity contribution in [2.45, 2.75) is 6.42 Å². The number of hydrogen-bond acceptors (Lipinski definition) is 1. The molecule has 1 atom stereocenters. The monoisotopic (exact) mass is 161 g/mol. The van der Waals surface area contributed by atoms with Crippen LogP contribution in [0.25, 0.3) is 0 Å². The Kier molecular flexibility index (Phi) is 1.61. The molecule has 1 aliphatic carbocycles. The molecule has 2 nitrogen and oxygen atoms in total. The van der Waals surface area contributed by atoms with E-state index in [0.717, 1.165) is 11.1 Å². The van der Waals surface area contributed by atoms with E-state index in [9.17, 15) is 4.79 Å². The average Bonchev–Trinajstić information content (AvgIpc) is 2.46. The van der Waals surface area contributed by atoms with Gasteiger partial charge in [0, 0.05) is 6.42 Å². The van der Waals surface area contributed by atoms with Crippen molar-refractivity contribution in [3.05, 3.63) is 41.8 Å². The maximum atomic E-state index is 10.6. The molecule has 0 fully saturated rings. The summed E-state index contributed by atoms with van der Waals surface area (Å²) in [7, 11) is 0. The van der Waals surface area contributed by atoms with Crippen molar-refractivity contribution in [2.24, 2.45) is 5.92 Å². The van der Waals surface area contributed by atoms with Crippen LogP contribution < -0.4 is 0 Å². The fourth-order valence-electron chi connectivity index (χ4n) is 1.55. The van der Waals surface area contributed by atoms with Crippen molar-refractivity contribution in [3.8, 4) is 0 Å². The normalized spacial score (nSPS) is 16.0. The van der Waals surface area contributed by atoms with E-state index in [0.29, 0.717) is 6.42 Å². The first-order chi connectivity index (χ1) is 5.77. The highest BCUT2D eigenvalue weighted by atomic mass is 16.4. The molecule has 1 N–H and O–H groups in total. The molecule has 0 aliphatic heterocycles. The minimum atomic E-state index is -0.730. The fraction of sp³-hybridized carbons (Fsp3) is 0.200. The second kappa shape index (κ2) is 2.63. The highest BCUT2D eigenvalue weighted by molar-refractivity contribution is 5.74. The van der Waals surface area contributed by atoms with Gasteiger partial charge in [-0.3, -0.25) is 4.79 Å². The minimum Gasteiger partial charge on any atom is -0.481 e. The van der Waals surface area contributed by atoms with Crippen molar-refractivity contribution >= 4 is 5.97 Å². The lowest BCUT2D eigenvalue weighted by molar-refractivity contribution is -0.140. The van der Waals surface area contributed by atoms with Crippen LogP contribution in [0.4, 0.5) is 0 Å². The van der Waals surface area contributed by atoms with Crippen LogP contribution in [0, 0.1) is 12.3 Å². The lowest BCUT2D eigenvalue weighted by Crippen LogP contribution is -2.11. The van der Waals surface area contributed by atoms with E-state index in [1.165, 1.54) is 0 Å². The van der Waals surface area contributed by atoms with E-state index >= 15 is 0 Å². The number of benzene rings is 1. The largest absolute Gasteiger partial charge is 0.481 e. The fourth-order valence-corrected chi connectivity index (χ4v) is 1.55. The molecule has 0 amide bonds. The average molecular weight is 161 g/mol. The molecule has 0 bridgehead atoms. The topological polar surface area (TPSA) is 37.3 Å². The molecule has 2 rings (SSSR count). The maximum absolute atomic E-state index is 10.6. The molecule has 0 aromatic heterocycles. The molecule has 0 saturated carbocycles. The van der Waals surface area contributed by atoms with Gasteiger partial charge < -0.3 is 5.11 Å². The summed E-state index contributed by atoms with van der Waals surface area (Å²) in [6, 6.07) is 7.81. The highest BCUT2D eigenvalue weighted by Gasteiger charge is 2.26. The Morgan fingerprint density at radius 1 is 1.42 bits per heavy atom. The van der Waals surface area contributed by atoms with Crippen LogP contribution in [0.5, 0.6) is 0 Å². The first kappa shape index (κ1) is 7.35. The number of carbonyl (C=O) groups is 1. The van der Waals surface area contributed by atoms with Crippen molar-refractivity contribution in [1.82, 2.24) is 0 Å². The first-order valence-electron chi connectivity index (χ1n) is 3.93. The number of hydrogen-bond donors (Lipinski definition) is 1. The van der Waals surface area contributed by atoms with E-state index in [-0.39, 0.29) is 5.92 Å². The predicted molar refractivity (Wildman–Crippen MR) is 44.7 cm³/mol. The van der Waals surface area contributed by atoms with Crippen LogP contribution in [0.15, 0.2) is 24.3 Å². The number of aliphatic carboxylic acids is 1. The summed E-state index contributed by atoms with van der Waals surface area (Å²) in [4.78, 5) is 10.6. The second-order valence-electron chi connectivity index (χ2n) is 3.01. The molecular formula is C10H9O2. The third kappa shape index (κ3) is 1.09. The van der Waals surface area contributed by atoms with Crippen molar-refractivity contribution in [3.63, 3.8) is 0 Å². The minimum absolute atomic E-state index is 0.317. The van der Waals surface area contributed by atoms with E-state index < -0.39 is 5.97 Å². The standard InChI is InChI=1S/C10H9O2/c11-10(12)9-5-7-3-1-2-4-8(7)6-9/h1-5,9H,6H2,(H,11,12). The molecule has 1 aromatic carbocycles. The zero-order valence-corrected chi connectivity index (χ0v) is 6.53. The van der Waals surface area contributed by atoms with Gasteiger partial charge in [-0.1, -0.05) is 24.3 Å². The summed E-state index contributed by atoms with van der Waals surface area (Å²) in [6.07, 6.45) is 2.46. The molecule has 12 heavy (non-hydrogen) atoms. The van der Waals surface area contributed by atoms with Crippen LogP contribution in [0.1, 0.15) is 11.1 Å². The summed E-state index contributed by atoms with van der Waals surface area (Å²) in [5.41, 5.74) is 2.22. The first-order valence-corrected chi connectivity index (χ1v) is 3.93. The molecule has 0 spiro atoms. The molecule has 2 heteroatoms. The van der Waals surface area contributed by atoms with Gasteiger partial charge in [0.15, 0.2) is 0 Å². The summed E-state index contributed by atoms with van der Waals surface area (Å²) in [5.74, 6) is -1.05. The molecular weight excluding hydrogens is 152 g/mol. The van der Waals surface area contributed by atoms with E-state index in [4.69, 9.17) is 5.11 Å². The SMILES string of the molecule is O=C(O)C1[CH]c2ccccc2C1. The van der Waals surface area contributed by atoms with Gasteiger partial charge in [-0.15, -0.1) is 0 Å². The Hall–Kier alpha value is -1.31. The molecule has 1 unspecified atom stereocenters. The Labute approximate surface area is 70.8 Å². The third-order valence-electron chi connectivity index (χ3n) is 2.19. The Morgan fingerprint density at radius 2 is 2.17 bits per heavy atom. The number of carboxylic acids is 1. The lowest BCUT2D eigenvalue weighted by atomic mass is 10.1. The predicted octanol–water partition coefficient (Wildman–Crippen LogP) is 1.50. The molecule has 1 aliphatic rings. The lowest BCUT2D eigenvalue weighted by Gasteiger charge is -1.98. The quantitative estimate of drug-likeness (QED) is 0.677. The Morgan fingerprint density at radius 3 is 2.83 bits per heavy atom. The molecule has 0 saturated heterocycles. The number of fused-ring (bicyclic) bond motifs is 1. The molecule has 0 heterocycles. The van der Waals surface area contributed by atoms with Crippen LogP contribution in [-0.4, -0.2) is 11.1 Å². The van der Waals surface area contributed by atoms with Crippen LogP contribution in [0.2, 0.25) is 0 Å². The summed E-state index contributed by atoms with van der Waals surface area (Å²) in [6.45, 7) is 0. The summed E-state index contributed by atoms with van der Waals surface area (Å²) < 4.78 is 0. The maximum Gasteiger partial charge on any atom is 0.307 e. The molecule has 1 aromatic rings. The third-order valence-corrected chi connectivity index (χ3v) is 2.19.